The number of fused-ring (bicyclic) bond motifs is 1. The van der Waals surface area contributed by atoms with Gasteiger partial charge in [-0.25, -0.2) is 9.67 Å². The van der Waals surface area contributed by atoms with E-state index in [9.17, 15) is 10.1 Å². The second-order valence-electron chi connectivity index (χ2n) is 7.71. The van der Waals surface area contributed by atoms with Crippen LogP contribution in [0.15, 0.2) is 79.1 Å². The number of aromatic nitrogens is 5. The number of carbonyl (C=O) groups excluding carboxylic acids is 1. The summed E-state index contributed by atoms with van der Waals surface area (Å²) in [5.74, 6) is 0.385. The Bertz CT molecular complexity index is 1570. The molecule has 0 radical (unpaired) electrons. The van der Waals surface area contributed by atoms with Gasteiger partial charge in [0, 0.05) is 23.7 Å². The summed E-state index contributed by atoms with van der Waals surface area (Å²) >= 11 is 0. The van der Waals surface area contributed by atoms with Crippen LogP contribution in [0, 0.1) is 18.3 Å². The van der Waals surface area contributed by atoms with Gasteiger partial charge in [0.2, 0.25) is 5.91 Å². The highest BCUT2D eigenvalue weighted by atomic mass is 16.1. The predicted molar refractivity (Wildman–Crippen MR) is 128 cm³/mol. The Hall–Kier alpha value is -4.90. The Kier molecular flexibility index (Phi) is 5.50. The first kappa shape index (κ1) is 21.0. The number of nitriles is 1. The van der Waals surface area contributed by atoms with Crippen LogP contribution < -0.4 is 5.32 Å². The first-order valence-electron chi connectivity index (χ1n) is 10.6. The first-order chi connectivity index (χ1) is 16.6. The van der Waals surface area contributed by atoms with Crippen LogP contribution in [0.2, 0.25) is 0 Å². The molecule has 3 heterocycles. The Labute approximate surface area is 195 Å². The van der Waals surface area contributed by atoms with Crippen LogP contribution in [0.4, 0.5) is 5.69 Å². The predicted octanol–water partition coefficient (Wildman–Crippen LogP) is 4.24. The Morgan fingerprint density at radius 3 is 2.65 bits per heavy atom. The number of hydrogen-bond donors (Lipinski definition) is 1. The number of pyridine rings is 1. The Morgan fingerprint density at radius 1 is 1.00 bits per heavy atom. The fourth-order valence-electron chi connectivity index (χ4n) is 3.71. The van der Waals surface area contributed by atoms with Gasteiger partial charge < -0.3 is 5.32 Å². The highest BCUT2D eigenvalue weighted by Crippen LogP contribution is 2.26. The Balaban J connectivity index is 1.52. The molecular formula is C26H19N7O. The van der Waals surface area contributed by atoms with Crippen LogP contribution in [-0.2, 0) is 11.2 Å². The average molecular weight is 445 g/mol. The summed E-state index contributed by atoms with van der Waals surface area (Å²) in [6.45, 7) is 1.92. The molecule has 1 N–H and O–H groups in total. The van der Waals surface area contributed by atoms with Crippen molar-refractivity contribution in [1.29, 1.82) is 5.26 Å². The van der Waals surface area contributed by atoms with Crippen molar-refractivity contribution in [2.24, 2.45) is 0 Å². The normalized spacial score (nSPS) is 10.7. The fourth-order valence-corrected chi connectivity index (χ4v) is 3.71. The van der Waals surface area contributed by atoms with Gasteiger partial charge in [0.1, 0.15) is 6.07 Å². The number of aryl methyl sites for hydroxylation is 1. The first-order valence-corrected chi connectivity index (χ1v) is 10.6. The molecular weight excluding hydrogens is 426 g/mol. The topological polar surface area (TPSA) is 109 Å². The van der Waals surface area contributed by atoms with E-state index in [1.807, 2.05) is 49.4 Å². The minimum absolute atomic E-state index is 0.0406. The molecule has 8 nitrogen and oxygen atoms in total. The van der Waals surface area contributed by atoms with Gasteiger partial charge in [0.25, 0.3) is 0 Å². The van der Waals surface area contributed by atoms with Crippen molar-refractivity contribution in [2.45, 2.75) is 13.3 Å². The van der Waals surface area contributed by atoms with E-state index in [1.54, 1.807) is 41.3 Å². The molecule has 8 heteroatoms. The van der Waals surface area contributed by atoms with Crippen LogP contribution in [0.1, 0.15) is 17.0 Å². The van der Waals surface area contributed by atoms with E-state index in [1.165, 1.54) is 0 Å². The van der Waals surface area contributed by atoms with Crippen molar-refractivity contribution in [3.63, 3.8) is 0 Å². The zero-order valence-electron chi connectivity index (χ0n) is 18.3. The number of para-hydroxylation sites is 1. The molecule has 0 aliphatic heterocycles. The third kappa shape index (κ3) is 4.23. The minimum Gasteiger partial charge on any atom is -0.325 e. The van der Waals surface area contributed by atoms with Gasteiger partial charge in [-0.05, 0) is 49.4 Å². The number of nitrogens with zero attached hydrogens (tertiary/aromatic N) is 6. The number of carbonyl (C=O) groups is 1. The third-order valence-corrected chi connectivity index (χ3v) is 5.28. The van der Waals surface area contributed by atoms with Crippen molar-refractivity contribution in [1.82, 2.24) is 24.7 Å². The molecule has 1 amide bonds. The lowest BCUT2D eigenvalue weighted by molar-refractivity contribution is -0.115. The molecule has 0 bridgehead atoms. The molecule has 0 saturated heterocycles. The van der Waals surface area contributed by atoms with Gasteiger partial charge in [-0.3, -0.25) is 14.8 Å². The van der Waals surface area contributed by atoms with Crippen LogP contribution >= 0.6 is 0 Å². The van der Waals surface area contributed by atoms with E-state index in [4.69, 9.17) is 5.10 Å². The summed E-state index contributed by atoms with van der Waals surface area (Å²) in [7, 11) is 0. The molecule has 2 aromatic carbocycles. The van der Waals surface area contributed by atoms with Crippen LogP contribution in [0.25, 0.3) is 28.1 Å². The van der Waals surface area contributed by atoms with E-state index < -0.39 is 0 Å². The molecule has 0 aliphatic carbocycles. The second-order valence-corrected chi connectivity index (χ2v) is 7.71. The van der Waals surface area contributed by atoms with Gasteiger partial charge in [-0.2, -0.15) is 10.4 Å². The number of amides is 1. The number of anilines is 1. The summed E-state index contributed by atoms with van der Waals surface area (Å²) in [5, 5.41) is 16.8. The smallest absolute Gasteiger partial charge is 0.230 e. The van der Waals surface area contributed by atoms with Crippen molar-refractivity contribution in [2.75, 3.05) is 5.32 Å². The summed E-state index contributed by atoms with van der Waals surface area (Å²) < 4.78 is 1.73. The Morgan fingerprint density at radius 2 is 1.82 bits per heavy atom. The van der Waals surface area contributed by atoms with Crippen molar-refractivity contribution in [3.05, 3.63) is 96.1 Å². The largest absolute Gasteiger partial charge is 0.325 e. The molecule has 0 saturated carbocycles. The molecule has 0 atom stereocenters. The maximum Gasteiger partial charge on any atom is 0.230 e. The number of nitrogens with one attached hydrogen (secondary N) is 1. The minimum atomic E-state index is -0.263. The van der Waals surface area contributed by atoms with Crippen molar-refractivity contribution < 1.29 is 4.79 Å². The quantitative estimate of drug-likeness (QED) is 0.433. The van der Waals surface area contributed by atoms with Gasteiger partial charge in [0.05, 0.1) is 40.1 Å². The molecule has 0 fully saturated rings. The van der Waals surface area contributed by atoms with Crippen LogP contribution in [-0.4, -0.2) is 30.6 Å². The summed E-state index contributed by atoms with van der Waals surface area (Å²) in [4.78, 5) is 26.1. The average Bonchev–Trinajstić information content (AvgIpc) is 3.27. The molecule has 0 spiro atoms. The lowest BCUT2D eigenvalue weighted by Gasteiger charge is -2.08. The highest BCUT2D eigenvalue weighted by molar-refractivity contribution is 5.93. The molecule has 164 valence electrons. The molecule has 3 aromatic heterocycles. The highest BCUT2D eigenvalue weighted by Gasteiger charge is 2.16. The number of benzene rings is 2. The monoisotopic (exact) mass is 445 g/mol. The number of hydrogen-bond acceptors (Lipinski definition) is 6. The van der Waals surface area contributed by atoms with Crippen molar-refractivity contribution >= 4 is 22.6 Å². The molecule has 5 rings (SSSR count). The molecule has 0 aliphatic rings. The molecule has 0 unspecified atom stereocenters. The fraction of sp³-hybridized carbons (Fsp3) is 0.0769. The van der Waals surface area contributed by atoms with Gasteiger partial charge in [-0.1, -0.05) is 24.3 Å². The molecule has 34 heavy (non-hydrogen) atoms. The maximum absolute atomic E-state index is 12.8. The molecule has 5 aromatic rings. The van der Waals surface area contributed by atoms with Crippen molar-refractivity contribution in [3.8, 4) is 23.1 Å². The zero-order valence-corrected chi connectivity index (χ0v) is 18.3. The lowest BCUT2D eigenvalue weighted by atomic mass is 10.1. The van der Waals surface area contributed by atoms with Gasteiger partial charge in [-0.15, -0.1) is 0 Å². The summed E-state index contributed by atoms with van der Waals surface area (Å²) in [6.07, 6.45) is 3.35. The van der Waals surface area contributed by atoms with E-state index in [0.717, 1.165) is 28.0 Å². The van der Waals surface area contributed by atoms with Gasteiger partial charge in [0.15, 0.2) is 5.82 Å². The second kappa shape index (κ2) is 8.92. The summed E-state index contributed by atoms with van der Waals surface area (Å²) in [5.41, 5.74) is 5.53. The van der Waals surface area contributed by atoms with E-state index >= 15 is 0 Å². The zero-order chi connectivity index (χ0) is 23.5. The summed E-state index contributed by atoms with van der Waals surface area (Å²) in [6, 6.07) is 22.4. The van der Waals surface area contributed by atoms with Crippen LogP contribution in [0.5, 0.6) is 0 Å². The van der Waals surface area contributed by atoms with E-state index in [-0.39, 0.29) is 12.3 Å². The van der Waals surface area contributed by atoms with E-state index in [0.29, 0.717) is 22.8 Å². The standard InChI is InChI=1S/C26H19N7O/c1-17-5-4-8-25(30-17)33-24(18-9-10-22-23(13-18)29-12-11-28-22)14-20(32-33)15-26(34)31-21-7-3-2-6-19(21)16-27/h2-14H,15H2,1H3,(H,31,34). The maximum atomic E-state index is 12.8. The number of rotatable bonds is 5. The SMILES string of the molecule is Cc1cccc(-n2nc(CC(=O)Nc3ccccc3C#N)cc2-c2ccc3nccnc3c2)n1. The lowest BCUT2D eigenvalue weighted by Crippen LogP contribution is -2.15. The van der Waals surface area contributed by atoms with Gasteiger partial charge >= 0.3 is 0 Å². The van der Waals surface area contributed by atoms with Crippen LogP contribution in [0.3, 0.4) is 0 Å². The van der Waals surface area contributed by atoms with E-state index in [2.05, 4.69) is 26.3 Å². The third-order valence-electron chi connectivity index (χ3n) is 5.28.